The molecule has 0 spiro atoms. The molecule has 0 heterocycles. The molecule has 0 bridgehead atoms. The first-order valence-corrected chi connectivity index (χ1v) is 7.59. The Kier molecular flexibility index (Phi) is 7.65. The van der Waals surface area contributed by atoms with Crippen molar-refractivity contribution in [2.45, 2.75) is 85.9 Å². The van der Waals surface area contributed by atoms with Crippen molar-refractivity contribution in [1.29, 1.82) is 0 Å². The summed E-state index contributed by atoms with van der Waals surface area (Å²) in [5.41, 5.74) is -0.168. The molecule has 3 heteroatoms. The fourth-order valence-electron chi connectivity index (χ4n) is 2.28. The van der Waals surface area contributed by atoms with Gasteiger partial charge in [0.15, 0.2) is 0 Å². The molecule has 0 rings (SSSR count). The maximum atomic E-state index is 12.1. The van der Waals surface area contributed by atoms with E-state index in [1.54, 1.807) is 0 Å². The van der Waals surface area contributed by atoms with Crippen molar-refractivity contribution in [2.75, 3.05) is 0 Å². The van der Waals surface area contributed by atoms with Crippen LogP contribution in [0.3, 0.4) is 0 Å². The van der Waals surface area contributed by atoms with Gasteiger partial charge in [-0.2, -0.15) is 0 Å². The van der Waals surface area contributed by atoms with Gasteiger partial charge in [0.2, 0.25) is 5.91 Å². The van der Waals surface area contributed by atoms with Crippen molar-refractivity contribution < 1.29 is 4.79 Å². The molecule has 0 aliphatic heterocycles. The van der Waals surface area contributed by atoms with Crippen molar-refractivity contribution in [3.8, 4) is 0 Å². The SMILES string of the molecule is CC(C)CC(CC(C)C)NC(C)C(=O)NC(C)(C)C. The number of nitrogens with one attached hydrogen (secondary N) is 2. The van der Waals surface area contributed by atoms with Crippen molar-refractivity contribution in [3.63, 3.8) is 0 Å². The lowest BCUT2D eigenvalue weighted by atomic mass is 9.95. The van der Waals surface area contributed by atoms with Crippen molar-refractivity contribution >= 4 is 5.91 Å². The molecule has 0 aliphatic rings. The topological polar surface area (TPSA) is 41.1 Å². The first-order chi connectivity index (χ1) is 8.51. The first kappa shape index (κ1) is 18.4. The highest BCUT2D eigenvalue weighted by molar-refractivity contribution is 5.81. The minimum atomic E-state index is -0.168. The van der Waals surface area contributed by atoms with E-state index in [9.17, 15) is 4.79 Å². The molecule has 114 valence electrons. The van der Waals surface area contributed by atoms with Crippen LogP contribution < -0.4 is 10.6 Å². The average molecular weight is 270 g/mol. The van der Waals surface area contributed by atoms with E-state index in [2.05, 4.69) is 38.3 Å². The van der Waals surface area contributed by atoms with Crippen molar-refractivity contribution in [1.82, 2.24) is 10.6 Å². The molecule has 0 radical (unpaired) electrons. The summed E-state index contributed by atoms with van der Waals surface area (Å²) in [6.45, 7) is 16.9. The minimum Gasteiger partial charge on any atom is -0.350 e. The van der Waals surface area contributed by atoms with Crippen molar-refractivity contribution in [3.05, 3.63) is 0 Å². The predicted octanol–water partition coefficient (Wildman–Crippen LogP) is 3.34. The molecule has 19 heavy (non-hydrogen) atoms. The molecule has 0 aromatic heterocycles. The van der Waals surface area contributed by atoms with Gasteiger partial charge in [0, 0.05) is 11.6 Å². The van der Waals surface area contributed by atoms with Crippen LogP contribution in [-0.4, -0.2) is 23.5 Å². The molecule has 1 amide bonds. The van der Waals surface area contributed by atoms with Gasteiger partial charge in [-0.25, -0.2) is 0 Å². The van der Waals surface area contributed by atoms with Crippen LogP contribution in [0.15, 0.2) is 0 Å². The Morgan fingerprint density at radius 3 is 1.68 bits per heavy atom. The minimum absolute atomic E-state index is 0.0880. The molecule has 1 unspecified atom stereocenters. The van der Waals surface area contributed by atoms with Crippen LogP contribution in [-0.2, 0) is 4.79 Å². The Morgan fingerprint density at radius 1 is 0.947 bits per heavy atom. The van der Waals surface area contributed by atoms with Gasteiger partial charge in [-0.1, -0.05) is 27.7 Å². The molecular formula is C16H34N2O. The third-order valence-corrected chi connectivity index (χ3v) is 2.89. The predicted molar refractivity (Wildman–Crippen MR) is 83.2 cm³/mol. The number of hydrogen-bond donors (Lipinski definition) is 2. The quantitative estimate of drug-likeness (QED) is 0.745. The molecule has 1 atom stereocenters. The third-order valence-electron chi connectivity index (χ3n) is 2.89. The van der Waals surface area contributed by atoms with Crippen LogP contribution in [0.5, 0.6) is 0 Å². The summed E-state index contributed by atoms with van der Waals surface area (Å²) in [7, 11) is 0. The third kappa shape index (κ3) is 9.94. The lowest BCUT2D eigenvalue weighted by molar-refractivity contribution is -0.124. The van der Waals surface area contributed by atoms with Crippen molar-refractivity contribution in [2.24, 2.45) is 11.8 Å². The van der Waals surface area contributed by atoms with Crippen LogP contribution in [0.25, 0.3) is 0 Å². The van der Waals surface area contributed by atoms with E-state index in [4.69, 9.17) is 0 Å². The van der Waals surface area contributed by atoms with Crippen LogP contribution >= 0.6 is 0 Å². The van der Waals surface area contributed by atoms with Gasteiger partial charge in [0.1, 0.15) is 0 Å². The summed E-state index contributed by atoms with van der Waals surface area (Å²) in [6, 6.07) is 0.280. The van der Waals surface area contributed by atoms with E-state index >= 15 is 0 Å². The van der Waals surface area contributed by atoms with E-state index in [1.165, 1.54) is 0 Å². The molecule has 2 N–H and O–H groups in total. The Bertz CT molecular complexity index is 256. The molecule has 3 nitrogen and oxygen atoms in total. The second-order valence-electron chi connectivity index (χ2n) is 7.58. The number of carbonyl (C=O) groups is 1. The van der Waals surface area contributed by atoms with Gasteiger partial charge in [-0.05, 0) is 52.4 Å². The number of rotatable bonds is 7. The van der Waals surface area contributed by atoms with Gasteiger partial charge in [0.25, 0.3) is 0 Å². The number of amides is 1. The van der Waals surface area contributed by atoms with Gasteiger partial charge < -0.3 is 10.6 Å². The van der Waals surface area contributed by atoms with E-state index < -0.39 is 0 Å². The fourth-order valence-corrected chi connectivity index (χ4v) is 2.28. The van der Waals surface area contributed by atoms with Crippen LogP contribution in [0, 0.1) is 11.8 Å². The average Bonchev–Trinajstić information content (AvgIpc) is 2.11. The lowest BCUT2D eigenvalue weighted by Crippen LogP contribution is -2.52. The number of hydrogen-bond acceptors (Lipinski definition) is 2. The Labute approximate surface area is 119 Å². The summed E-state index contributed by atoms with van der Waals surface area (Å²) in [4.78, 5) is 12.1. The molecule has 0 fully saturated rings. The molecule has 0 aromatic rings. The standard InChI is InChI=1S/C16H34N2O/c1-11(2)9-14(10-12(3)4)17-13(5)15(19)18-16(6,7)8/h11-14,17H,9-10H2,1-8H3,(H,18,19). The fraction of sp³-hybridized carbons (Fsp3) is 0.938. The zero-order valence-corrected chi connectivity index (χ0v) is 14.1. The summed E-state index contributed by atoms with van der Waals surface area (Å²) >= 11 is 0. The smallest absolute Gasteiger partial charge is 0.237 e. The van der Waals surface area contributed by atoms with E-state index in [0.29, 0.717) is 17.9 Å². The highest BCUT2D eigenvalue weighted by Crippen LogP contribution is 2.14. The Balaban J connectivity index is 4.44. The summed E-state index contributed by atoms with van der Waals surface area (Å²) in [5.74, 6) is 1.38. The zero-order chi connectivity index (χ0) is 15.2. The second kappa shape index (κ2) is 7.88. The summed E-state index contributed by atoms with van der Waals surface area (Å²) in [6.07, 6.45) is 2.23. The van der Waals surface area contributed by atoms with Gasteiger partial charge in [-0.15, -0.1) is 0 Å². The highest BCUT2D eigenvalue weighted by atomic mass is 16.2. The van der Waals surface area contributed by atoms with Crippen LogP contribution in [0.1, 0.15) is 68.2 Å². The Morgan fingerprint density at radius 2 is 1.37 bits per heavy atom. The maximum absolute atomic E-state index is 12.1. The molecule has 0 saturated heterocycles. The van der Waals surface area contributed by atoms with Gasteiger partial charge >= 0.3 is 0 Å². The highest BCUT2D eigenvalue weighted by Gasteiger charge is 2.22. The second-order valence-corrected chi connectivity index (χ2v) is 7.58. The van der Waals surface area contributed by atoms with Gasteiger partial charge in [-0.3, -0.25) is 4.79 Å². The summed E-state index contributed by atoms with van der Waals surface area (Å²) < 4.78 is 0. The van der Waals surface area contributed by atoms with E-state index in [0.717, 1.165) is 12.8 Å². The molecule has 0 aliphatic carbocycles. The van der Waals surface area contributed by atoms with Crippen LogP contribution in [0.2, 0.25) is 0 Å². The molecule has 0 saturated carbocycles. The Hall–Kier alpha value is -0.570. The first-order valence-electron chi connectivity index (χ1n) is 7.59. The molecule has 0 aromatic carbocycles. The lowest BCUT2D eigenvalue weighted by Gasteiger charge is -2.28. The number of carbonyl (C=O) groups excluding carboxylic acids is 1. The largest absolute Gasteiger partial charge is 0.350 e. The van der Waals surface area contributed by atoms with E-state index in [-0.39, 0.29) is 17.5 Å². The maximum Gasteiger partial charge on any atom is 0.237 e. The monoisotopic (exact) mass is 270 g/mol. The van der Waals surface area contributed by atoms with E-state index in [1.807, 2.05) is 27.7 Å². The van der Waals surface area contributed by atoms with Gasteiger partial charge in [0.05, 0.1) is 6.04 Å². The normalized spacial score (nSPS) is 14.3. The summed E-state index contributed by atoms with van der Waals surface area (Å²) in [5, 5.41) is 6.52. The molecular weight excluding hydrogens is 236 g/mol. The zero-order valence-electron chi connectivity index (χ0n) is 14.1. The van der Waals surface area contributed by atoms with Crippen LogP contribution in [0.4, 0.5) is 0 Å².